The molecule has 0 N–H and O–H groups in total. The lowest BCUT2D eigenvalue weighted by atomic mass is 10.1. The molecule has 1 aromatic heterocycles. The van der Waals surface area contributed by atoms with Crippen molar-refractivity contribution < 1.29 is 12.8 Å². The minimum Gasteiger partial charge on any atom is -0.471 e. The third-order valence-corrected chi connectivity index (χ3v) is 7.77. The molecule has 0 radical (unpaired) electrons. The van der Waals surface area contributed by atoms with Crippen LogP contribution in [0.15, 0.2) is 39.8 Å². The van der Waals surface area contributed by atoms with Gasteiger partial charge in [-0.25, -0.2) is 8.42 Å². The predicted octanol–water partition coefficient (Wildman–Crippen LogP) is 3.62. The van der Waals surface area contributed by atoms with E-state index in [9.17, 15) is 8.42 Å². The van der Waals surface area contributed by atoms with Crippen LogP contribution in [0.1, 0.15) is 22.5 Å². The number of hydrogen-bond acceptors (Lipinski definition) is 3. The van der Waals surface area contributed by atoms with Gasteiger partial charge in [-0.1, -0.05) is 37.3 Å². The van der Waals surface area contributed by atoms with E-state index in [0.717, 1.165) is 27.8 Å². The fraction of sp³-hybridized carbons (Fsp3) is 0.333. The fourth-order valence-corrected chi connectivity index (χ4v) is 5.81. The highest BCUT2D eigenvalue weighted by molar-refractivity contribution is 7.89. The summed E-state index contributed by atoms with van der Waals surface area (Å²) in [6.45, 7) is 10.8. The van der Waals surface area contributed by atoms with Gasteiger partial charge in [0, 0.05) is 17.3 Å². The second-order valence-electron chi connectivity index (χ2n) is 7.31. The van der Waals surface area contributed by atoms with Gasteiger partial charge in [-0.3, -0.25) is 4.31 Å². The van der Waals surface area contributed by atoms with Gasteiger partial charge in [0.25, 0.3) is 10.0 Å². The van der Waals surface area contributed by atoms with Crippen molar-refractivity contribution in [2.24, 2.45) is 0 Å². The second kappa shape index (κ2) is 5.63. The zero-order valence-corrected chi connectivity index (χ0v) is 16.6. The summed E-state index contributed by atoms with van der Waals surface area (Å²) in [6, 6.07) is 6.96. The Labute approximate surface area is 144 Å². The Kier molecular flexibility index (Phi) is 4.00. The van der Waals surface area contributed by atoms with Crippen molar-refractivity contribution in [1.82, 2.24) is 4.31 Å². The second-order valence-corrected chi connectivity index (χ2v) is 14.2. The molecule has 1 aliphatic heterocycles. The van der Waals surface area contributed by atoms with Crippen molar-refractivity contribution in [1.29, 1.82) is 0 Å². The molecule has 2 aromatic rings. The Morgan fingerprint density at radius 3 is 2.29 bits per heavy atom. The summed E-state index contributed by atoms with van der Waals surface area (Å²) in [5, 5.41) is 0.989. The van der Waals surface area contributed by atoms with Gasteiger partial charge in [0.1, 0.15) is 13.8 Å². The van der Waals surface area contributed by atoms with Crippen LogP contribution in [0.5, 0.6) is 0 Å². The smallest absolute Gasteiger partial charge is 0.264 e. The van der Waals surface area contributed by atoms with Crippen molar-refractivity contribution in [2.45, 2.75) is 44.9 Å². The molecular formula is C18H23NO3SSi. The van der Waals surface area contributed by atoms with Crippen molar-refractivity contribution in [3.8, 4) is 0 Å². The molecule has 0 amide bonds. The Balaban J connectivity index is 2.02. The maximum atomic E-state index is 12.9. The molecule has 0 spiro atoms. The summed E-state index contributed by atoms with van der Waals surface area (Å²) in [6.07, 6.45) is 3.50. The van der Waals surface area contributed by atoms with Crippen LogP contribution in [0, 0.1) is 13.8 Å². The number of furan rings is 1. The molecule has 3 rings (SSSR count). The maximum Gasteiger partial charge on any atom is 0.264 e. The molecule has 6 heteroatoms. The summed E-state index contributed by atoms with van der Waals surface area (Å²) in [7, 11) is -5.24. The topological polar surface area (TPSA) is 50.5 Å². The molecule has 4 nitrogen and oxygen atoms in total. The van der Waals surface area contributed by atoms with E-state index in [1.807, 2.05) is 32.1 Å². The maximum absolute atomic E-state index is 12.9. The third kappa shape index (κ3) is 2.84. The van der Waals surface area contributed by atoms with Gasteiger partial charge in [-0.15, -0.1) is 0 Å². The van der Waals surface area contributed by atoms with Crippen molar-refractivity contribution in [2.75, 3.05) is 0 Å². The number of rotatable bonds is 3. The fourth-order valence-electron chi connectivity index (χ4n) is 2.96. The van der Waals surface area contributed by atoms with Crippen molar-refractivity contribution >= 4 is 29.6 Å². The van der Waals surface area contributed by atoms with Crippen LogP contribution >= 0.6 is 0 Å². The average molecular weight is 362 g/mol. The van der Waals surface area contributed by atoms with E-state index >= 15 is 0 Å². The first kappa shape index (κ1) is 17.0. The number of fused-ring (bicyclic) bond motifs is 1. The first-order valence-corrected chi connectivity index (χ1v) is 12.9. The molecule has 0 fully saturated rings. The number of hydrogen-bond donors (Lipinski definition) is 0. The molecule has 2 heterocycles. The van der Waals surface area contributed by atoms with Crippen LogP contribution in [0.3, 0.4) is 0 Å². The summed E-state index contributed by atoms with van der Waals surface area (Å²) in [4.78, 5) is 0.316. The van der Waals surface area contributed by atoms with Crippen molar-refractivity contribution in [3.05, 3.63) is 52.9 Å². The highest BCUT2D eigenvalue weighted by Gasteiger charge is 2.33. The van der Waals surface area contributed by atoms with E-state index in [1.165, 1.54) is 4.31 Å². The van der Waals surface area contributed by atoms with Crippen LogP contribution in [0.4, 0.5) is 0 Å². The molecule has 0 atom stereocenters. The third-order valence-electron chi connectivity index (χ3n) is 4.26. The summed E-state index contributed by atoms with van der Waals surface area (Å²) >= 11 is 0. The quantitative estimate of drug-likeness (QED) is 0.785. The molecule has 1 aromatic carbocycles. The lowest BCUT2D eigenvalue weighted by Gasteiger charge is -2.25. The molecule has 0 saturated carbocycles. The van der Waals surface area contributed by atoms with E-state index in [0.29, 0.717) is 11.4 Å². The van der Waals surface area contributed by atoms with E-state index < -0.39 is 18.1 Å². The molecule has 0 aliphatic carbocycles. The Bertz CT molecular complexity index is 903. The van der Waals surface area contributed by atoms with Gasteiger partial charge in [0.05, 0.1) is 16.8 Å². The van der Waals surface area contributed by atoms with E-state index in [-0.39, 0.29) is 0 Å². The van der Waals surface area contributed by atoms with Crippen LogP contribution in [0.2, 0.25) is 19.6 Å². The largest absolute Gasteiger partial charge is 0.471 e. The van der Waals surface area contributed by atoms with Crippen molar-refractivity contribution in [3.63, 3.8) is 0 Å². The monoisotopic (exact) mass is 361 g/mol. The minimum atomic E-state index is -3.55. The zero-order chi connectivity index (χ0) is 17.7. The van der Waals surface area contributed by atoms with Crippen LogP contribution in [-0.2, 0) is 16.6 Å². The van der Waals surface area contributed by atoms with Gasteiger partial charge in [0.2, 0.25) is 0 Å². The van der Waals surface area contributed by atoms with E-state index in [1.54, 1.807) is 18.3 Å². The minimum absolute atomic E-state index is 0.316. The highest BCUT2D eigenvalue weighted by Crippen LogP contribution is 2.29. The Morgan fingerprint density at radius 1 is 1.08 bits per heavy atom. The first-order valence-electron chi connectivity index (χ1n) is 8.00. The molecule has 24 heavy (non-hydrogen) atoms. The average Bonchev–Trinajstić information content (AvgIpc) is 2.84. The SMILES string of the molecule is Cc1ccc(S(=O)(=O)N2C=Cc3c(C)oc([Si](C)(C)C)c3C2)cc1. The summed E-state index contributed by atoms with van der Waals surface area (Å²) in [5.41, 5.74) is 3.09. The van der Waals surface area contributed by atoms with E-state index in [2.05, 4.69) is 19.6 Å². The molecule has 128 valence electrons. The molecule has 1 aliphatic rings. The van der Waals surface area contributed by atoms with Gasteiger partial charge >= 0.3 is 0 Å². The normalized spacial score (nSPS) is 14.8. The predicted molar refractivity (Wildman–Crippen MR) is 99.4 cm³/mol. The first-order chi connectivity index (χ1) is 11.1. The van der Waals surface area contributed by atoms with E-state index in [4.69, 9.17) is 4.42 Å². The zero-order valence-electron chi connectivity index (χ0n) is 14.8. The van der Waals surface area contributed by atoms with Crippen LogP contribution < -0.4 is 5.38 Å². The standard InChI is InChI=1S/C18H23NO3SSi/c1-13-6-8-15(9-7-13)23(20,21)19-11-10-16-14(2)22-18(17(16)12-19)24(3,4)5/h6-11H,12H2,1-5H3. The molecule has 0 bridgehead atoms. The van der Waals surface area contributed by atoms with Gasteiger partial charge in [-0.2, -0.15) is 0 Å². The summed E-state index contributed by atoms with van der Waals surface area (Å²) in [5.74, 6) is 0.867. The lowest BCUT2D eigenvalue weighted by molar-refractivity contribution is 0.493. The summed E-state index contributed by atoms with van der Waals surface area (Å²) < 4.78 is 33.3. The van der Waals surface area contributed by atoms with Gasteiger partial charge in [0.15, 0.2) is 0 Å². The van der Waals surface area contributed by atoms with Crippen LogP contribution in [-0.4, -0.2) is 20.8 Å². The number of aryl methyl sites for hydroxylation is 2. The molecular weight excluding hydrogens is 338 g/mol. The number of sulfonamides is 1. The Hall–Kier alpha value is -1.79. The highest BCUT2D eigenvalue weighted by atomic mass is 32.2. The Morgan fingerprint density at radius 2 is 1.71 bits per heavy atom. The molecule has 0 unspecified atom stereocenters. The van der Waals surface area contributed by atoms with Gasteiger partial charge < -0.3 is 4.42 Å². The molecule has 0 saturated heterocycles. The number of benzene rings is 1. The lowest BCUT2D eigenvalue weighted by Crippen LogP contribution is -2.41. The number of nitrogens with zero attached hydrogens (tertiary/aromatic N) is 1. The van der Waals surface area contributed by atoms with Crippen LogP contribution in [0.25, 0.3) is 6.08 Å². The van der Waals surface area contributed by atoms with Gasteiger partial charge in [-0.05, 0) is 32.1 Å².